The SMILES string of the molecule is CC(NCC1(C)CCOCC1)C1(C)CC1. The van der Waals surface area contributed by atoms with Gasteiger partial charge in [-0.25, -0.2) is 0 Å². The Bertz CT molecular complexity index is 217. The van der Waals surface area contributed by atoms with Crippen molar-refractivity contribution in [1.29, 1.82) is 0 Å². The molecule has 2 aliphatic rings. The molecule has 2 nitrogen and oxygen atoms in total. The van der Waals surface area contributed by atoms with Crippen LogP contribution < -0.4 is 5.32 Å². The van der Waals surface area contributed by atoms with Crippen LogP contribution in [0, 0.1) is 10.8 Å². The smallest absolute Gasteiger partial charge is 0.0471 e. The maximum absolute atomic E-state index is 5.42. The molecule has 0 aromatic carbocycles. The first-order valence-corrected chi connectivity index (χ1v) is 6.35. The van der Waals surface area contributed by atoms with Gasteiger partial charge in [-0.1, -0.05) is 13.8 Å². The minimum absolute atomic E-state index is 0.470. The predicted molar refractivity (Wildman–Crippen MR) is 63.0 cm³/mol. The van der Waals surface area contributed by atoms with E-state index < -0.39 is 0 Å². The van der Waals surface area contributed by atoms with Crippen molar-refractivity contribution >= 4 is 0 Å². The van der Waals surface area contributed by atoms with E-state index in [1.807, 2.05) is 0 Å². The van der Waals surface area contributed by atoms with Gasteiger partial charge in [-0.15, -0.1) is 0 Å². The molecule has 1 heterocycles. The first-order chi connectivity index (χ1) is 7.04. The average Bonchev–Trinajstić information content (AvgIpc) is 2.96. The number of hydrogen-bond acceptors (Lipinski definition) is 2. The summed E-state index contributed by atoms with van der Waals surface area (Å²) in [6.07, 6.45) is 5.23. The zero-order chi connectivity index (χ0) is 10.9. The Labute approximate surface area is 93.8 Å². The van der Waals surface area contributed by atoms with Gasteiger partial charge in [0.05, 0.1) is 0 Å². The molecule has 1 unspecified atom stereocenters. The van der Waals surface area contributed by atoms with Crippen LogP contribution in [0.3, 0.4) is 0 Å². The first-order valence-electron chi connectivity index (χ1n) is 6.35. The van der Waals surface area contributed by atoms with E-state index in [0.717, 1.165) is 19.8 Å². The van der Waals surface area contributed by atoms with Crippen molar-refractivity contribution in [2.24, 2.45) is 10.8 Å². The van der Waals surface area contributed by atoms with Gasteiger partial charge in [0, 0.05) is 25.8 Å². The summed E-state index contributed by atoms with van der Waals surface area (Å²) in [7, 11) is 0. The highest BCUT2D eigenvalue weighted by atomic mass is 16.5. The number of hydrogen-bond donors (Lipinski definition) is 1. The Morgan fingerprint density at radius 2 is 1.73 bits per heavy atom. The van der Waals surface area contributed by atoms with Crippen LogP contribution >= 0.6 is 0 Å². The second kappa shape index (κ2) is 4.06. The second-order valence-corrected chi connectivity index (χ2v) is 6.18. The molecular weight excluding hydrogens is 186 g/mol. The molecule has 2 rings (SSSR count). The average molecular weight is 211 g/mol. The van der Waals surface area contributed by atoms with Crippen molar-refractivity contribution < 1.29 is 4.74 Å². The molecule has 1 atom stereocenters. The molecule has 2 heteroatoms. The molecule has 1 N–H and O–H groups in total. The van der Waals surface area contributed by atoms with Crippen molar-refractivity contribution in [3.8, 4) is 0 Å². The number of nitrogens with one attached hydrogen (secondary N) is 1. The molecule has 0 aromatic heterocycles. The second-order valence-electron chi connectivity index (χ2n) is 6.18. The number of ether oxygens (including phenoxy) is 1. The van der Waals surface area contributed by atoms with Crippen molar-refractivity contribution in [3.05, 3.63) is 0 Å². The lowest BCUT2D eigenvalue weighted by Gasteiger charge is -2.35. The molecule has 2 fully saturated rings. The zero-order valence-electron chi connectivity index (χ0n) is 10.4. The Morgan fingerprint density at radius 3 is 2.27 bits per heavy atom. The molecule has 1 saturated heterocycles. The summed E-state index contributed by atoms with van der Waals surface area (Å²) in [4.78, 5) is 0. The lowest BCUT2D eigenvalue weighted by molar-refractivity contribution is 0.0221. The monoisotopic (exact) mass is 211 g/mol. The van der Waals surface area contributed by atoms with Gasteiger partial charge in [-0.3, -0.25) is 0 Å². The number of rotatable bonds is 4. The van der Waals surface area contributed by atoms with Crippen molar-refractivity contribution in [2.45, 2.75) is 52.5 Å². The lowest BCUT2D eigenvalue weighted by Crippen LogP contribution is -2.43. The summed E-state index contributed by atoms with van der Waals surface area (Å²) in [5.74, 6) is 0. The van der Waals surface area contributed by atoms with Crippen LogP contribution in [0.4, 0.5) is 0 Å². The Hall–Kier alpha value is -0.0800. The highest BCUT2D eigenvalue weighted by Gasteiger charge is 2.42. The first kappa shape index (κ1) is 11.4. The van der Waals surface area contributed by atoms with Crippen LogP contribution in [0.15, 0.2) is 0 Å². The molecule has 0 spiro atoms. The largest absolute Gasteiger partial charge is 0.381 e. The topological polar surface area (TPSA) is 21.3 Å². The third-order valence-corrected chi connectivity index (χ3v) is 4.62. The van der Waals surface area contributed by atoms with E-state index in [9.17, 15) is 0 Å². The molecule has 1 aliphatic carbocycles. The summed E-state index contributed by atoms with van der Waals surface area (Å²) >= 11 is 0. The fraction of sp³-hybridized carbons (Fsp3) is 1.00. The fourth-order valence-corrected chi connectivity index (χ4v) is 2.32. The van der Waals surface area contributed by atoms with Crippen LogP contribution in [0.25, 0.3) is 0 Å². The maximum Gasteiger partial charge on any atom is 0.0471 e. The van der Waals surface area contributed by atoms with Gasteiger partial charge in [-0.2, -0.15) is 0 Å². The van der Waals surface area contributed by atoms with E-state index in [4.69, 9.17) is 4.74 Å². The van der Waals surface area contributed by atoms with E-state index in [-0.39, 0.29) is 0 Å². The molecule has 15 heavy (non-hydrogen) atoms. The van der Waals surface area contributed by atoms with Gasteiger partial charge in [0.25, 0.3) is 0 Å². The highest BCUT2D eigenvalue weighted by molar-refractivity contribution is 4.97. The summed E-state index contributed by atoms with van der Waals surface area (Å²) in [6.45, 7) is 10.2. The quantitative estimate of drug-likeness (QED) is 0.771. The molecule has 1 aliphatic heterocycles. The predicted octanol–water partition coefficient (Wildman–Crippen LogP) is 2.58. The van der Waals surface area contributed by atoms with Gasteiger partial charge in [0.15, 0.2) is 0 Å². The summed E-state index contributed by atoms with van der Waals surface area (Å²) < 4.78 is 5.42. The van der Waals surface area contributed by atoms with E-state index in [1.165, 1.54) is 25.7 Å². The van der Waals surface area contributed by atoms with E-state index in [0.29, 0.717) is 16.9 Å². The van der Waals surface area contributed by atoms with Crippen LogP contribution in [0.2, 0.25) is 0 Å². The lowest BCUT2D eigenvalue weighted by atomic mass is 9.82. The van der Waals surface area contributed by atoms with Gasteiger partial charge < -0.3 is 10.1 Å². The molecule has 0 amide bonds. The fourth-order valence-electron chi connectivity index (χ4n) is 2.32. The third kappa shape index (κ3) is 2.73. The molecule has 0 bridgehead atoms. The molecule has 88 valence electrons. The maximum atomic E-state index is 5.42. The van der Waals surface area contributed by atoms with Crippen LogP contribution in [0.5, 0.6) is 0 Å². The molecule has 1 saturated carbocycles. The van der Waals surface area contributed by atoms with Gasteiger partial charge in [0.2, 0.25) is 0 Å². The van der Waals surface area contributed by atoms with Crippen LogP contribution in [-0.4, -0.2) is 25.8 Å². The zero-order valence-corrected chi connectivity index (χ0v) is 10.4. The van der Waals surface area contributed by atoms with Gasteiger partial charge in [-0.05, 0) is 43.4 Å². The third-order valence-electron chi connectivity index (χ3n) is 4.62. The van der Waals surface area contributed by atoms with E-state index in [1.54, 1.807) is 0 Å². The van der Waals surface area contributed by atoms with Gasteiger partial charge in [0.1, 0.15) is 0 Å². The highest BCUT2D eigenvalue weighted by Crippen LogP contribution is 2.48. The minimum atomic E-state index is 0.470. The van der Waals surface area contributed by atoms with Gasteiger partial charge >= 0.3 is 0 Å². The van der Waals surface area contributed by atoms with E-state index in [2.05, 4.69) is 26.1 Å². The normalized spacial score (nSPS) is 29.8. The standard InChI is InChI=1S/C13H25NO/c1-11(13(3)4-5-13)14-10-12(2)6-8-15-9-7-12/h11,14H,4-10H2,1-3H3. The van der Waals surface area contributed by atoms with E-state index >= 15 is 0 Å². The molecule has 0 radical (unpaired) electrons. The van der Waals surface area contributed by atoms with Crippen molar-refractivity contribution in [3.63, 3.8) is 0 Å². The summed E-state index contributed by atoms with van der Waals surface area (Å²) in [5.41, 5.74) is 1.07. The Balaban J connectivity index is 1.76. The van der Waals surface area contributed by atoms with Crippen molar-refractivity contribution in [2.75, 3.05) is 19.8 Å². The summed E-state index contributed by atoms with van der Waals surface area (Å²) in [6, 6.07) is 0.678. The Morgan fingerprint density at radius 1 is 1.13 bits per heavy atom. The molecule has 0 aromatic rings. The van der Waals surface area contributed by atoms with Crippen molar-refractivity contribution in [1.82, 2.24) is 5.32 Å². The minimum Gasteiger partial charge on any atom is -0.381 e. The molecular formula is C13H25NO. The Kier molecular flexibility index (Phi) is 3.09. The summed E-state index contributed by atoms with van der Waals surface area (Å²) in [5, 5.41) is 3.74. The van der Waals surface area contributed by atoms with Crippen LogP contribution in [0.1, 0.15) is 46.5 Å². The van der Waals surface area contributed by atoms with Crippen LogP contribution in [-0.2, 0) is 4.74 Å².